The van der Waals surface area contributed by atoms with E-state index in [-0.39, 0.29) is 50.0 Å². The lowest BCUT2D eigenvalue weighted by Crippen LogP contribution is -2.40. The first-order chi connectivity index (χ1) is 19.2. The zero-order valence-electron chi connectivity index (χ0n) is 22.2. The van der Waals surface area contributed by atoms with Crippen LogP contribution in [0.15, 0.2) is 47.0 Å². The van der Waals surface area contributed by atoms with Gasteiger partial charge in [-0.05, 0) is 61.6 Å². The van der Waals surface area contributed by atoms with E-state index in [9.17, 15) is 19.1 Å². The number of fused-ring (bicyclic) bond motifs is 2. The van der Waals surface area contributed by atoms with Crippen LogP contribution in [-0.2, 0) is 27.8 Å². The molecule has 210 valence electrons. The van der Waals surface area contributed by atoms with E-state index < -0.39 is 12.1 Å². The summed E-state index contributed by atoms with van der Waals surface area (Å²) in [6, 6.07) is 10.9. The number of alkyl halides is 1. The van der Waals surface area contributed by atoms with Crippen LogP contribution in [0.2, 0.25) is 5.02 Å². The summed E-state index contributed by atoms with van der Waals surface area (Å²) in [4.78, 5) is 30.7. The first-order valence-electron chi connectivity index (χ1n) is 13.7. The highest BCUT2D eigenvalue weighted by Crippen LogP contribution is 2.34. The van der Waals surface area contributed by atoms with Crippen molar-refractivity contribution in [3.05, 3.63) is 53.2 Å². The molecule has 0 unspecified atom stereocenters. The Morgan fingerprint density at radius 3 is 2.75 bits per heavy atom. The minimum Gasteiger partial charge on any atom is -0.481 e. The minimum absolute atomic E-state index is 0.0490. The third-order valence-electron chi connectivity index (χ3n) is 8.22. The van der Waals surface area contributed by atoms with E-state index >= 15 is 0 Å². The molecular weight excluding hydrogens is 537 g/mol. The quantitative estimate of drug-likeness (QED) is 0.304. The fourth-order valence-electron chi connectivity index (χ4n) is 6.05. The van der Waals surface area contributed by atoms with Crippen molar-refractivity contribution in [1.29, 1.82) is 0 Å². The minimum atomic E-state index is -1.09. The lowest BCUT2D eigenvalue weighted by atomic mass is 9.87. The van der Waals surface area contributed by atoms with Gasteiger partial charge in [0.25, 0.3) is 0 Å². The van der Waals surface area contributed by atoms with Gasteiger partial charge < -0.3 is 23.7 Å². The molecule has 1 aliphatic carbocycles. The molecule has 1 amide bonds. The summed E-state index contributed by atoms with van der Waals surface area (Å²) in [5.74, 6) is -0.765. The van der Waals surface area contributed by atoms with Crippen molar-refractivity contribution >= 4 is 45.5 Å². The number of amides is 1. The van der Waals surface area contributed by atoms with Gasteiger partial charge in [0.1, 0.15) is 11.7 Å². The Balaban J connectivity index is 1.13. The fraction of sp³-hybridized carbons (Fsp3) is 0.433. The molecule has 1 saturated heterocycles. The van der Waals surface area contributed by atoms with E-state index in [0.717, 1.165) is 22.0 Å². The van der Waals surface area contributed by atoms with Crippen LogP contribution in [0.5, 0.6) is 0 Å². The monoisotopic (exact) mass is 567 g/mol. The van der Waals surface area contributed by atoms with Gasteiger partial charge in [0.2, 0.25) is 11.8 Å². The van der Waals surface area contributed by atoms with Crippen LogP contribution >= 0.6 is 11.6 Å². The van der Waals surface area contributed by atoms with Crippen LogP contribution in [0.1, 0.15) is 37.7 Å². The molecule has 2 atom stereocenters. The highest BCUT2D eigenvalue weighted by molar-refractivity contribution is 6.31. The highest BCUT2D eigenvalue weighted by atomic mass is 35.5. The zero-order valence-corrected chi connectivity index (χ0v) is 22.9. The number of hydrogen-bond donors (Lipinski definition) is 1. The SMILES string of the molecule is Cn1cc(-c2nc3ccc(CC(=O)N4C[C@@H](F)C[C@H]4COC4CCC(C(=O)O)CC4)cc3o2)c2cc(Cl)ccc21. The number of carbonyl (C=O) groups is 2. The molecule has 2 aromatic carbocycles. The summed E-state index contributed by atoms with van der Waals surface area (Å²) in [5.41, 5.74) is 3.85. The van der Waals surface area contributed by atoms with Gasteiger partial charge in [-0.1, -0.05) is 17.7 Å². The van der Waals surface area contributed by atoms with E-state index in [4.69, 9.17) is 20.8 Å². The average molecular weight is 568 g/mol. The maximum absolute atomic E-state index is 14.4. The van der Waals surface area contributed by atoms with Gasteiger partial charge in [0.05, 0.1) is 43.2 Å². The van der Waals surface area contributed by atoms with Gasteiger partial charge in [-0.3, -0.25) is 9.59 Å². The summed E-state index contributed by atoms with van der Waals surface area (Å²) in [5, 5.41) is 10.8. The number of aromatic nitrogens is 2. The second-order valence-electron chi connectivity index (χ2n) is 11.0. The second kappa shape index (κ2) is 10.9. The number of oxazole rings is 1. The summed E-state index contributed by atoms with van der Waals surface area (Å²) >= 11 is 6.24. The normalized spacial score (nSPS) is 23.3. The predicted octanol–water partition coefficient (Wildman–Crippen LogP) is 5.78. The predicted molar refractivity (Wildman–Crippen MR) is 149 cm³/mol. The largest absolute Gasteiger partial charge is 0.481 e. The molecule has 6 rings (SSSR count). The Morgan fingerprint density at radius 1 is 1.18 bits per heavy atom. The van der Waals surface area contributed by atoms with Gasteiger partial charge >= 0.3 is 5.97 Å². The van der Waals surface area contributed by atoms with Gasteiger partial charge in [-0.25, -0.2) is 9.37 Å². The van der Waals surface area contributed by atoms with Crippen LogP contribution in [-0.4, -0.2) is 62.9 Å². The molecule has 1 aliphatic heterocycles. The summed E-state index contributed by atoms with van der Waals surface area (Å²) in [6.45, 7) is 0.311. The third-order valence-corrected chi connectivity index (χ3v) is 8.46. The Labute approximate surface area is 235 Å². The summed E-state index contributed by atoms with van der Waals surface area (Å²) < 4.78 is 28.5. The van der Waals surface area contributed by atoms with Crippen molar-refractivity contribution in [1.82, 2.24) is 14.5 Å². The van der Waals surface area contributed by atoms with Crippen LogP contribution in [0.3, 0.4) is 0 Å². The Hall–Kier alpha value is -3.43. The molecule has 0 bridgehead atoms. The number of rotatable bonds is 7. The van der Waals surface area contributed by atoms with Crippen LogP contribution in [0.4, 0.5) is 4.39 Å². The van der Waals surface area contributed by atoms with Crippen molar-refractivity contribution in [2.45, 2.75) is 56.8 Å². The molecule has 8 nitrogen and oxygen atoms in total. The molecule has 4 aromatic rings. The van der Waals surface area contributed by atoms with E-state index in [1.54, 1.807) is 4.90 Å². The maximum Gasteiger partial charge on any atom is 0.306 e. The number of ether oxygens (including phenoxy) is 1. The van der Waals surface area contributed by atoms with Crippen LogP contribution in [0.25, 0.3) is 33.5 Å². The molecule has 0 radical (unpaired) electrons. The molecule has 1 saturated carbocycles. The number of carbonyl (C=O) groups excluding carboxylic acids is 1. The molecule has 3 heterocycles. The lowest BCUT2D eigenvalue weighted by Gasteiger charge is -2.29. The van der Waals surface area contributed by atoms with E-state index in [2.05, 4.69) is 4.98 Å². The van der Waals surface area contributed by atoms with Crippen molar-refractivity contribution < 1.29 is 28.2 Å². The summed E-state index contributed by atoms with van der Waals surface area (Å²) in [6.07, 6.45) is 3.68. The molecule has 40 heavy (non-hydrogen) atoms. The molecule has 2 fully saturated rings. The van der Waals surface area contributed by atoms with Crippen molar-refractivity contribution in [2.24, 2.45) is 13.0 Å². The van der Waals surface area contributed by atoms with E-state index in [1.165, 1.54) is 0 Å². The topological polar surface area (TPSA) is 97.8 Å². The van der Waals surface area contributed by atoms with Gasteiger partial charge in [-0.2, -0.15) is 0 Å². The second-order valence-corrected chi connectivity index (χ2v) is 11.4. The van der Waals surface area contributed by atoms with Gasteiger partial charge in [-0.15, -0.1) is 0 Å². The summed E-state index contributed by atoms with van der Waals surface area (Å²) in [7, 11) is 1.95. The van der Waals surface area contributed by atoms with Crippen molar-refractivity contribution in [3.63, 3.8) is 0 Å². The molecular formula is C30H31ClFN3O5. The first kappa shape index (κ1) is 26.8. The lowest BCUT2D eigenvalue weighted by molar-refractivity contribution is -0.144. The van der Waals surface area contributed by atoms with Gasteiger partial charge in [0.15, 0.2) is 5.58 Å². The van der Waals surface area contributed by atoms with Crippen molar-refractivity contribution in [2.75, 3.05) is 13.2 Å². The molecule has 0 spiro atoms. The molecule has 1 N–H and O–H groups in total. The Kier molecular flexibility index (Phi) is 7.27. The van der Waals surface area contributed by atoms with Crippen molar-refractivity contribution in [3.8, 4) is 11.5 Å². The number of benzene rings is 2. The number of halogens is 2. The van der Waals surface area contributed by atoms with Crippen LogP contribution in [0, 0.1) is 5.92 Å². The molecule has 2 aromatic heterocycles. The fourth-order valence-corrected chi connectivity index (χ4v) is 6.22. The first-order valence-corrected chi connectivity index (χ1v) is 14.1. The van der Waals surface area contributed by atoms with Crippen LogP contribution < -0.4 is 0 Å². The number of carboxylic acid groups (broad SMARTS) is 1. The third kappa shape index (κ3) is 5.32. The van der Waals surface area contributed by atoms with E-state index in [1.807, 2.05) is 54.2 Å². The molecule has 2 aliphatic rings. The average Bonchev–Trinajstić information content (AvgIpc) is 3.62. The number of aryl methyl sites for hydroxylation is 1. The smallest absolute Gasteiger partial charge is 0.306 e. The standard InChI is InChI=1S/C30H31ClFN3O5/c1-34-15-24(23-12-19(31)5-9-26(23)34)29-33-25-8-2-17(10-27(25)40-29)11-28(36)35-14-20(32)13-21(35)16-39-22-6-3-18(4-7-22)30(37)38/h2,5,8-10,12,15,18,20-22H,3-4,6-7,11,13-14,16H2,1H3,(H,37,38)/t18?,20-,21-,22?/m0/s1. The number of nitrogens with zero attached hydrogens (tertiary/aromatic N) is 3. The number of hydrogen-bond acceptors (Lipinski definition) is 5. The number of aliphatic carboxylic acids is 1. The highest BCUT2D eigenvalue weighted by Gasteiger charge is 2.36. The van der Waals surface area contributed by atoms with E-state index in [0.29, 0.717) is 47.7 Å². The Bertz CT molecular complexity index is 1570. The maximum atomic E-state index is 14.4. The molecule has 10 heteroatoms. The Morgan fingerprint density at radius 2 is 1.98 bits per heavy atom. The number of likely N-dealkylation sites (tertiary alicyclic amines) is 1. The van der Waals surface area contributed by atoms with Gasteiger partial charge in [0, 0.05) is 35.6 Å². The zero-order chi connectivity index (χ0) is 28.0. The number of carboxylic acids is 1.